The molecular weight excluding hydrogens is 312 g/mol. The van der Waals surface area contributed by atoms with Crippen LogP contribution in [-0.2, 0) is 18.5 Å². The molecule has 1 amide bonds. The number of amides is 1. The molecule has 3 rings (SSSR count). The van der Waals surface area contributed by atoms with E-state index in [1.165, 1.54) is 0 Å². The molecule has 1 fully saturated rings. The normalized spacial score (nSPS) is 15.4. The van der Waals surface area contributed by atoms with Crippen molar-refractivity contribution in [2.45, 2.75) is 25.6 Å². The maximum absolute atomic E-state index is 11.9. The summed E-state index contributed by atoms with van der Waals surface area (Å²) in [4.78, 5) is 16.9. The second-order valence-electron chi connectivity index (χ2n) is 6.03. The average Bonchev–Trinajstić information content (AvgIpc) is 3.29. The number of pyridine rings is 1. The Morgan fingerprint density at radius 3 is 2.78 bits per heavy atom. The highest BCUT2D eigenvalue weighted by Crippen LogP contribution is 2.18. The number of quaternary nitrogens is 1. The zero-order valence-corrected chi connectivity index (χ0v) is 14.1. The first-order chi connectivity index (χ1) is 11.0. The number of nitrogens with zero attached hydrogens (tertiary/aromatic N) is 4. The lowest BCUT2D eigenvalue weighted by molar-refractivity contribution is -0.895. The van der Waals surface area contributed by atoms with Gasteiger partial charge in [0.1, 0.15) is 0 Å². The van der Waals surface area contributed by atoms with Gasteiger partial charge in [0, 0.05) is 31.0 Å². The second-order valence-corrected chi connectivity index (χ2v) is 6.40. The third-order valence-corrected chi connectivity index (χ3v) is 4.29. The summed E-state index contributed by atoms with van der Waals surface area (Å²) in [5.74, 6) is 0.884. The third kappa shape index (κ3) is 3.83. The highest BCUT2D eigenvalue weighted by Gasteiger charge is 2.24. The minimum atomic E-state index is 0.0850. The van der Waals surface area contributed by atoms with E-state index >= 15 is 0 Å². The molecule has 1 aliphatic rings. The van der Waals surface area contributed by atoms with Gasteiger partial charge in [0.25, 0.3) is 5.91 Å². The molecule has 23 heavy (non-hydrogen) atoms. The first kappa shape index (κ1) is 15.8. The Labute approximate surface area is 139 Å². The van der Waals surface area contributed by atoms with E-state index in [2.05, 4.69) is 15.4 Å². The molecule has 0 aromatic carbocycles. The predicted octanol–water partition coefficient (Wildman–Crippen LogP) is -0.236. The van der Waals surface area contributed by atoms with Gasteiger partial charge >= 0.3 is 0 Å². The fourth-order valence-electron chi connectivity index (χ4n) is 2.44. The zero-order chi connectivity index (χ0) is 16.4. The molecule has 1 unspecified atom stereocenters. The van der Waals surface area contributed by atoms with Gasteiger partial charge in [0.05, 0.1) is 7.05 Å². The molecule has 2 N–H and O–H groups in total. The Morgan fingerprint density at radius 1 is 1.43 bits per heavy atom. The lowest BCUT2D eigenvalue weighted by Crippen LogP contribution is -3.09. The van der Waals surface area contributed by atoms with Crippen molar-refractivity contribution >= 4 is 18.1 Å². The van der Waals surface area contributed by atoms with E-state index < -0.39 is 0 Å². The van der Waals surface area contributed by atoms with Crippen LogP contribution in [-0.4, -0.2) is 44.9 Å². The van der Waals surface area contributed by atoms with Crippen LogP contribution in [0.5, 0.6) is 0 Å². The van der Waals surface area contributed by atoms with Crippen LogP contribution in [0.3, 0.4) is 0 Å². The molecule has 2 aromatic rings. The second kappa shape index (κ2) is 6.59. The summed E-state index contributed by atoms with van der Waals surface area (Å²) >= 11 is 5.46. The maximum Gasteiger partial charge on any atom is 0.275 e. The number of nitrogens with one attached hydrogen (secondary N) is 2. The molecule has 1 atom stereocenters. The Kier molecular flexibility index (Phi) is 4.53. The molecule has 0 spiro atoms. The van der Waals surface area contributed by atoms with E-state index in [1.807, 2.05) is 30.8 Å². The molecule has 0 radical (unpaired) electrons. The Morgan fingerprint density at radius 2 is 2.13 bits per heavy atom. The largest absolute Gasteiger partial charge is 0.348 e. The van der Waals surface area contributed by atoms with Crippen molar-refractivity contribution in [1.82, 2.24) is 24.6 Å². The van der Waals surface area contributed by atoms with E-state index in [9.17, 15) is 4.79 Å². The molecule has 0 saturated heterocycles. The van der Waals surface area contributed by atoms with Crippen molar-refractivity contribution in [3.63, 3.8) is 0 Å². The van der Waals surface area contributed by atoms with Gasteiger partial charge in [-0.15, -0.1) is 5.10 Å². The number of rotatable bonds is 6. The van der Waals surface area contributed by atoms with Crippen LogP contribution in [0.2, 0.25) is 0 Å². The minimum absolute atomic E-state index is 0.0850. The molecular formula is C15H21N6OS+. The fourth-order valence-corrected chi connectivity index (χ4v) is 2.63. The summed E-state index contributed by atoms with van der Waals surface area (Å²) in [5.41, 5.74) is 0.969. The molecule has 1 aliphatic carbocycles. The summed E-state index contributed by atoms with van der Waals surface area (Å²) in [6.45, 7) is 0.968. The first-order valence-electron chi connectivity index (χ1n) is 7.69. The minimum Gasteiger partial charge on any atom is -0.348 e. The van der Waals surface area contributed by atoms with Crippen molar-refractivity contribution in [3.8, 4) is 11.4 Å². The standard InChI is InChI=1S/C15H20N6OS/c1-19(9-13(22)17-12-3-4-12)10-21-15(23)20(2)14(18-21)11-5-7-16-8-6-11/h5-8,12H,3-4,9-10H2,1-2H3,(H,17,22)/p+1. The number of aromatic nitrogens is 4. The van der Waals surface area contributed by atoms with Gasteiger partial charge in [-0.3, -0.25) is 9.78 Å². The van der Waals surface area contributed by atoms with Crippen molar-refractivity contribution in [2.75, 3.05) is 13.6 Å². The molecule has 1 saturated carbocycles. The number of carbonyl (C=O) groups excluding carboxylic acids is 1. The van der Waals surface area contributed by atoms with Gasteiger partial charge in [0.15, 0.2) is 19.0 Å². The molecule has 0 aliphatic heterocycles. The number of likely N-dealkylation sites (N-methyl/N-ethyl adjacent to an activating group) is 1. The zero-order valence-electron chi connectivity index (χ0n) is 13.3. The van der Waals surface area contributed by atoms with Crippen molar-refractivity contribution in [1.29, 1.82) is 0 Å². The number of carbonyl (C=O) groups is 1. The lowest BCUT2D eigenvalue weighted by Gasteiger charge is -2.13. The van der Waals surface area contributed by atoms with Gasteiger partial charge in [-0.1, -0.05) is 0 Å². The summed E-state index contributed by atoms with van der Waals surface area (Å²) < 4.78 is 4.28. The smallest absolute Gasteiger partial charge is 0.275 e. The highest BCUT2D eigenvalue weighted by molar-refractivity contribution is 7.71. The van der Waals surface area contributed by atoms with Crippen molar-refractivity contribution < 1.29 is 9.69 Å². The van der Waals surface area contributed by atoms with Gasteiger partial charge in [0.2, 0.25) is 4.77 Å². The third-order valence-electron chi connectivity index (χ3n) is 3.80. The SMILES string of the molecule is Cn1c(-c2ccncc2)nn(C[NH+](C)CC(=O)NC2CC2)c1=S. The summed E-state index contributed by atoms with van der Waals surface area (Å²) in [6, 6.07) is 4.20. The van der Waals surface area contributed by atoms with E-state index in [1.54, 1.807) is 17.1 Å². The van der Waals surface area contributed by atoms with Crippen molar-refractivity contribution in [3.05, 3.63) is 29.3 Å². The van der Waals surface area contributed by atoms with Gasteiger partial charge in [-0.05, 0) is 37.2 Å². The van der Waals surface area contributed by atoms with E-state index in [0.29, 0.717) is 24.0 Å². The maximum atomic E-state index is 11.9. The van der Waals surface area contributed by atoms with Crippen LogP contribution in [0.4, 0.5) is 0 Å². The van der Waals surface area contributed by atoms with Crippen molar-refractivity contribution in [2.24, 2.45) is 7.05 Å². The van der Waals surface area contributed by atoms with E-state index in [4.69, 9.17) is 12.2 Å². The summed E-state index contributed by atoms with van der Waals surface area (Å²) in [7, 11) is 3.87. The summed E-state index contributed by atoms with van der Waals surface area (Å²) in [5, 5.41) is 7.60. The Hall–Kier alpha value is -2.06. The van der Waals surface area contributed by atoms with Crippen LogP contribution in [0.15, 0.2) is 24.5 Å². The van der Waals surface area contributed by atoms with Gasteiger partial charge < -0.3 is 14.8 Å². The summed E-state index contributed by atoms with van der Waals surface area (Å²) in [6.07, 6.45) is 5.67. The van der Waals surface area contributed by atoms with E-state index in [0.717, 1.165) is 29.1 Å². The van der Waals surface area contributed by atoms with Crippen LogP contribution in [0.1, 0.15) is 12.8 Å². The monoisotopic (exact) mass is 333 g/mol. The topological polar surface area (TPSA) is 69.2 Å². The van der Waals surface area contributed by atoms with Crippen LogP contribution in [0.25, 0.3) is 11.4 Å². The van der Waals surface area contributed by atoms with Gasteiger partial charge in [-0.25, -0.2) is 0 Å². The Bertz CT molecular complexity index is 749. The van der Waals surface area contributed by atoms with Crippen LogP contribution in [0, 0.1) is 4.77 Å². The van der Waals surface area contributed by atoms with Gasteiger partial charge in [-0.2, -0.15) is 4.68 Å². The number of hydrogen-bond acceptors (Lipinski definition) is 4. The van der Waals surface area contributed by atoms with E-state index in [-0.39, 0.29) is 5.91 Å². The predicted molar refractivity (Wildman–Crippen MR) is 88.2 cm³/mol. The fraction of sp³-hybridized carbons (Fsp3) is 0.467. The molecule has 122 valence electrons. The quantitative estimate of drug-likeness (QED) is 0.716. The number of hydrogen-bond donors (Lipinski definition) is 2. The highest BCUT2D eigenvalue weighted by atomic mass is 32.1. The molecule has 7 nitrogen and oxygen atoms in total. The molecule has 0 bridgehead atoms. The molecule has 8 heteroatoms. The average molecular weight is 333 g/mol. The molecule has 2 heterocycles. The lowest BCUT2D eigenvalue weighted by atomic mass is 10.2. The van der Waals surface area contributed by atoms with Crippen LogP contribution >= 0.6 is 12.2 Å². The van der Waals surface area contributed by atoms with Crippen LogP contribution < -0.4 is 10.2 Å². The first-order valence-corrected chi connectivity index (χ1v) is 8.10. The molecule has 2 aromatic heterocycles. The Balaban J connectivity index is 1.70.